The van der Waals surface area contributed by atoms with Gasteiger partial charge in [-0.1, -0.05) is 48.5 Å². The summed E-state index contributed by atoms with van der Waals surface area (Å²) < 4.78 is 27.0. The summed E-state index contributed by atoms with van der Waals surface area (Å²) in [6.07, 6.45) is 3.06. The van der Waals surface area contributed by atoms with E-state index < -0.39 is 27.5 Å². The predicted molar refractivity (Wildman–Crippen MR) is 133 cm³/mol. The molecule has 0 unspecified atom stereocenters. The molecule has 2 heterocycles. The Kier molecular flexibility index (Phi) is 6.34. The molecular weight excluding hydrogens is 480 g/mol. The summed E-state index contributed by atoms with van der Waals surface area (Å²) in [5.41, 5.74) is 2.68. The molecule has 5 rings (SSSR count). The van der Waals surface area contributed by atoms with Gasteiger partial charge in [-0.2, -0.15) is 4.31 Å². The minimum absolute atomic E-state index is 0.0918. The van der Waals surface area contributed by atoms with Gasteiger partial charge in [0.25, 0.3) is 5.91 Å². The summed E-state index contributed by atoms with van der Waals surface area (Å²) >= 11 is 0. The maximum atomic E-state index is 13.3. The number of hydrogen-bond donors (Lipinski definition) is 1. The molecule has 1 N–H and O–H groups in total. The Hall–Kier alpha value is -3.24. The van der Waals surface area contributed by atoms with Crippen molar-refractivity contribution in [3.8, 4) is 0 Å². The van der Waals surface area contributed by atoms with Crippen molar-refractivity contribution in [2.24, 2.45) is 0 Å². The molecule has 2 aliphatic heterocycles. The van der Waals surface area contributed by atoms with Gasteiger partial charge >= 0.3 is 6.03 Å². The smallest absolute Gasteiger partial charge is 0.325 e. The van der Waals surface area contributed by atoms with Gasteiger partial charge < -0.3 is 10.2 Å². The van der Waals surface area contributed by atoms with E-state index >= 15 is 0 Å². The molecule has 10 heteroatoms. The molecule has 2 fully saturated rings. The largest absolute Gasteiger partial charge is 0.338 e. The van der Waals surface area contributed by atoms with Gasteiger partial charge in [0.05, 0.1) is 5.75 Å². The normalized spacial score (nSPS) is 22.6. The van der Waals surface area contributed by atoms with Gasteiger partial charge in [0, 0.05) is 26.2 Å². The number of fused-ring (bicyclic) bond motifs is 1. The number of hydrogen-bond acceptors (Lipinski definition) is 5. The second kappa shape index (κ2) is 9.33. The standard InChI is InChI=1S/C26H30N4O5S/c1-26(22-11-10-20-8-5-9-21(20)16-22)24(32)30(25(33)27-26)17-23(31)28-12-14-29(15-13-28)36(34,35)18-19-6-3-2-4-7-19/h2-4,6-7,10-11,16H,5,8-9,12-15,17-18H2,1H3,(H,27,33)/t26-/m0/s1. The third-order valence-electron chi connectivity index (χ3n) is 7.42. The van der Waals surface area contributed by atoms with Gasteiger partial charge in [0.15, 0.2) is 0 Å². The van der Waals surface area contributed by atoms with Crippen LogP contribution in [0.2, 0.25) is 0 Å². The Balaban J connectivity index is 1.20. The van der Waals surface area contributed by atoms with Crippen molar-refractivity contribution in [3.63, 3.8) is 0 Å². The van der Waals surface area contributed by atoms with Crippen molar-refractivity contribution in [1.82, 2.24) is 19.4 Å². The van der Waals surface area contributed by atoms with E-state index in [0.717, 1.165) is 24.2 Å². The summed E-state index contributed by atoms with van der Waals surface area (Å²) in [4.78, 5) is 41.5. The highest BCUT2D eigenvalue weighted by atomic mass is 32.2. The van der Waals surface area contributed by atoms with Crippen molar-refractivity contribution >= 4 is 27.9 Å². The van der Waals surface area contributed by atoms with Crippen LogP contribution in [-0.2, 0) is 43.7 Å². The lowest BCUT2D eigenvalue weighted by atomic mass is 9.89. The van der Waals surface area contributed by atoms with Crippen LogP contribution >= 0.6 is 0 Å². The molecule has 1 atom stereocenters. The Morgan fingerprint density at radius 2 is 1.67 bits per heavy atom. The van der Waals surface area contributed by atoms with Crippen LogP contribution in [0.1, 0.15) is 35.6 Å². The Labute approximate surface area is 211 Å². The number of amides is 4. The number of rotatable bonds is 6. The van der Waals surface area contributed by atoms with E-state index in [0.29, 0.717) is 11.1 Å². The highest BCUT2D eigenvalue weighted by Gasteiger charge is 2.50. The maximum Gasteiger partial charge on any atom is 0.325 e. The van der Waals surface area contributed by atoms with Crippen LogP contribution in [0.5, 0.6) is 0 Å². The molecule has 2 aromatic carbocycles. The monoisotopic (exact) mass is 510 g/mol. The fourth-order valence-corrected chi connectivity index (χ4v) is 6.76. The third-order valence-corrected chi connectivity index (χ3v) is 9.27. The number of benzene rings is 2. The van der Waals surface area contributed by atoms with Crippen LogP contribution in [0.3, 0.4) is 0 Å². The number of carbonyl (C=O) groups excluding carboxylic acids is 3. The lowest BCUT2D eigenvalue weighted by Crippen LogP contribution is -2.53. The third kappa shape index (κ3) is 4.51. The van der Waals surface area contributed by atoms with E-state index in [1.165, 1.54) is 20.3 Å². The summed E-state index contributed by atoms with van der Waals surface area (Å²) in [6.45, 7) is 2.06. The highest BCUT2D eigenvalue weighted by molar-refractivity contribution is 7.88. The van der Waals surface area contributed by atoms with Crippen LogP contribution in [0.25, 0.3) is 0 Å². The van der Waals surface area contributed by atoms with Gasteiger partial charge in [-0.05, 0) is 48.4 Å². The Bertz CT molecular complexity index is 1300. The quantitative estimate of drug-likeness (QED) is 0.595. The van der Waals surface area contributed by atoms with Gasteiger partial charge in [0.1, 0.15) is 12.1 Å². The van der Waals surface area contributed by atoms with Crippen molar-refractivity contribution in [3.05, 3.63) is 70.8 Å². The molecule has 190 valence electrons. The molecule has 2 saturated heterocycles. The van der Waals surface area contributed by atoms with Gasteiger partial charge in [-0.25, -0.2) is 13.2 Å². The number of sulfonamides is 1. The van der Waals surface area contributed by atoms with E-state index in [-0.39, 0.29) is 44.4 Å². The first kappa shape index (κ1) is 24.5. The molecule has 36 heavy (non-hydrogen) atoms. The molecular formula is C26H30N4O5S. The molecule has 0 aromatic heterocycles. The fraction of sp³-hybridized carbons (Fsp3) is 0.423. The number of carbonyl (C=O) groups is 3. The van der Waals surface area contributed by atoms with E-state index in [2.05, 4.69) is 5.32 Å². The summed E-state index contributed by atoms with van der Waals surface area (Å²) in [7, 11) is -3.51. The van der Waals surface area contributed by atoms with E-state index in [1.54, 1.807) is 31.2 Å². The molecule has 0 saturated carbocycles. The second-order valence-corrected chi connectivity index (χ2v) is 11.8. The average molecular weight is 511 g/mol. The van der Waals surface area contributed by atoms with Crippen LogP contribution in [0, 0.1) is 0 Å². The van der Waals surface area contributed by atoms with Crippen LogP contribution in [0.15, 0.2) is 48.5 Å². The summed E-state index contributed by atoms with van der Waals surface area (Å²) in [6, 6.07) is 14.3. The average Bonchev–Trinajstić information content (AvgIpc) is 3.42. The molecule has 0 radical (unpaired) electrons. The zero-order chi connectivity index (χ0) is 25.5. The van der Waals surface area contributed by atoms with Crippen molar-refractivity contribution in [2.75, 3.05) is 32.7 Å². The van der Waals surface area contributed by atoms with Crippen LogP contribution in [-0.4, -0.2) is 73.1 Å². The minimum atomic E-state index is -3.51. The molecule has 0 spiro atoms. The van der Waals surface area contributed by atoms with Crippen molar-refractivity contribution in [1.29, 1.82) is 0 Å². The first-order chi connectivity index (χ1) is 17.2. The number of imide groups is 1. The molecule has 9 nitrogen and oxygen atoms in total. The molecule has 4 amide bonds. The zero-order valence-electron chi connectivity index (χ0n) is 20.3. The zero-order valence-corrected chi connectivity index (χ0v) is 21.1. The van der Waals surface area contributed by atoms with Crippen molar-refractivity contribution < 1.29 is 22.8 Å². The Morgan fingerprint density at radius 3 is 2.39 bits per heavy atom. The lowest BCUT2D eigenvalue weighted by Gasteiger charge is -2.34. The van der Waals surface area contributed by atoms with Crippen LogP contribution in [0.4, 0.5) is 4.79 Å². The van der Waals surface area contributed by atoms with Crippen molar-refractivity contribution in [2.45, 2.75) is 37.5 Å². The molecule has 3 aliphatic rings. The summed E-state index contributed by atoms with van der Waals surface area (Å²) in [5.74, 6) is -0.925. The summed E-state index contributed by atoms with van der Waals surface area (Å²) in [5, 5.41) is 2.78. The number of urea groups is 1. The number of piperazine rings is 1. The first-order valence-corrected chi connectivity index (χ1v) is 13.8. The lowest BCUT2D eigenvalue weighted by molar-refractivity contribution is -0.139. The first-order valence-electron chi connectivity index (χ1n) is 12.2. The highest BCUT2D eigenvalue weighted by Crippen LogP contribution is 2.32. The minimum Gasteiger partial charge on any atom is -0.338 e. The van der Waals surface area contributed by atoms with Gasteiger partial charge in [-0.3, -0.25) is 14.5 Å². The van der Waals surface area contributed by atoms with Gasteiger partial charge in [0.2, 0.25) is 15.9 Å². The number of nitrogens with one attached hydrogen (secondary N) is 1. The number of aryl methyl sites for hydroxylation is 2. The molecule has 1 aliphatic carbocycles. The second-order valence-electron chi connectivity index (χ2n) is 9.81. The molecule has 2 aromatic rings. The fourth-order valence-electron chi connectivity index (χ4n) is 5.25. The Morgan fingerprint density at radius 1 is 0.972 bits per heavy atom. The predicted octanol–water partition coefficient (Wildman–Crippen LogP) is 1.62. The van der Waals surface area contributed by atoms with E-state index in [1.807, 2.05) is 24.3 Å². The van der Waals surface area contributed by atoms with E-state index in [9.17, 15) is 22.8 Å². The van der Waals surface area contributed by atoms with Crippen LogP contribution < -0.4 is 5.32 Å². The van der Waals surface area contributed by atoms with E-state index in [4.69, 9.17) is 0 Å². The SMILES string of the molecule is C[C@@]1(c2ccc3c(c2)CCC3)NC(=O)N(CC(=O)N2CCN(S(=O)(=O)Cc3ccccc3)CC2)C1=O. The number of nitrogens with zero attached hydrogens (tertiary/aromatic N) is 3. The topological polar surface area (TPSA) is 107 Å². The molecule has 0 bridgehead atoms. The maximum absolute atomic E-state index is 13.3. The van der Waals surface area contributed by atoms with Gasteiger partial charge in [-0.15, -0.1) is 0 Å².